The van der Waals surface area contributed by atoms with Crippen LogP contribution in [0.3, 0.4) is 0 Å². The van der Waals surface area contributed by atoms with Crippen molar-refractivity contribution < 1.29 is 42.7 Å². The summed E-state index contributed by atoms with van der Waals surface area (Å²) in [5.41, 5.74) is 8.09. The number of azide groups is 1. The van der Waals surface area contributed by atoms with E-state index in [0.29, 0.717) is 112 Å². The van der Waals surface area contributed by atoms with Crippen molar-refractivity contribution in [1.82, 2.24) is 0 Å². The minimum absolute atomic E-state index is 0.100. The van der Waals surface area contributed by atoms with Crippen molar-refractivity contribution in [3.8, 4) is 0 Å². The van der Waals surface area contributed by atoms with Crippen LogP contribution in [0, 0.1) is 0 Å². The fourth-order valence-electron chi connectivity index (χ4n) is 1.82. The summed E-state index contributed by atoms with van der Waals surface area (Å²) in [6, 6.07) is 0. The van der Waals surface area contributed by atoms with E-state index in [9.17, 15) is 4.79 Å². The highest BCUT2D eigenvalue weighted by atomic mass is 16.6. The van der Waals surface area contributed by atoms with Gasteiger partial charge in [-0.2, -0.15) is 0 Å². The zero-order valence-electron chi connectivity index (χ0n) is 17.6. The van der Waals surface area contributed by atoms with E-state index >= 15 is 0 Å². The number of carbonyl (C=O) groups excluding carboxylic acids is 1. The Morgan fingerprint density at radius 2 is 0.833 bits per heavy atom. The highest BCUT2D eigenvalue weighted by Crippen LogP contribution is 1.85. The minimum atomic E-state index is 0.100. The lowest BCUT2D eigenvalue weighted by atomic mass is 10.6. The van der Waals surface area contributed by atoms with Gasteiger partial charge in [0.05, 0.1) is 99.1 Å². The van der Waals surface area contributed by atoms with Crippen molar-refractivity contribution >= 4 is 6.29 Å². The molecule has 0 aromatic rings. The SMILES string of the molecule is [N-]=[N+]=NCCOCCOCCOCCOCCOCCOCCOCCOCC=O. The maximum atomic E-state index is 10.0. The monoisotopic (exact) mass is 437 g/mol. The molecule has 12 nitrogen and oxygen atoms in total. The van der Waals surface area contributed by atoms with Gasteiger partial charge in [0.25, 0.3) is 0 Å². The lowest BCUT2D eigenvalue weighted by molar-refractivity contribution is -0.112. The molecule has 0 aromatic carbocycles. The fraction of sp³-hybridized carbons (Fsp3) is 0.944. The predicted molar refractivity (Wildman–Crippen MR) is 107 cm³/mol. The van der Waals surface area contributed by atoms with Gasteiger partial charge in [-0.25, -0.2) is 0 Å². The predicted octanol–water partition coefficient (Wildman–Crippen LogP) is 0.628. The van der Waals surface area contributed by atoms with E-state index in [2.05, 4.69) is 10.0 Å². The van der Waals surface area contributed by atoms with Crippen LogP contribution >= 0.6 is 0 Å². The lowest BCUT2D eigenvalue weighted by Gasteiger charge is -2.08. The molecule has 0 aliphatic rings. The van der Waals surface area contributed by atoms with Crippen LogP contribution in [0.25, 0.3) is 10.4 Å². The normalized spacial score (nSPS) is 10.8. The van der Waals surface area contributed by atoms with Crippen LogP contribution in [0.5, 0.6) is 0 Å². The lowest BCUT2D eigenvalue weighted by Crippen LogP contribution is -2.15. The third kappa shape index (κ3) is 26.7. The van der Waals surface area contributed by atoms with Gasteiger partial charge >= 0.3 is 0 Å². The molecule has 176 valence electrons. The summed E-state index contributed by atoms with van der Waals surface area (Å²) < 4.78 is 42.2. The van der Waals surface area contributed by atoms with Gasteiger partial charge in [-0.05, 0) is 5.53 Å². The van der Waals surface area contributed by atoms with E-state index in [1.165, 1.54) is 0 Å². The smallest absolute Gasteiger partial charge is 0.145 e. The van der Waals surface area contributed by atoms with Gasteiger partial charge in [0.1, 0.15) is 12.9 Å². The van der Waals surface area contributed by atoms with Crippen LogP contribution in [0.4, 0.5) is 0 Å². The Balaban J connectivity index is 3.00. The summed E-state index contributed by atoms with van der Waals surface area (Å²) in [5, 5.41) is 3.36. The fourth-order valence-corrected chi connectivity index (χ4v) is 1.82. The topological polar surface area (TPSA) is 140 Å². The Labute approximate surface area is 177 Å². The molecule has 0 N–H and O–H groups in total. The number of aldehydes is 1. The van der Waals surface area contributed by atoms with E-state index in [1.807, 2.05) is 0 Å². The summed E-state index contributed by atoms with van der Waals surface area (Å²) in [5.74, 6) is 0. The molecule has 0 aromatic heterocycles. The Morgan fingerprint density at radius 1 is 0.533 bits per heavy atom. The van der Waals surface area contributed by atoms with Crippen molar-refractivity contribution in [3.05, 3.63) is 10.4 Å². The number of carbonyl (C=O) groups is 1. The number of nitrogens with zero attached hydrogens (tertiary/aromatic N) is 3. The number of rotatable bonds is 26. The molecule has 0 aliphatic carbocycles. The summed E-state index contributed by atoms with van der Waals surface area (Å²) in [4.78, 5) is 12.6. The zero-order valence-corrected chi connectivity index (χ0v) is 17.6. The molecule has 0 spiro atoms. The van der Waals surface area contributed by atoms with Crippen LogP contribution in [0.1, 0.15) is 0 Å². The van der Waals surface area contributed by atoms with Crippen molar-refractivity contribution in [2.75, 3.05) is 112 Å². The molecule has 0 bridgehead atoms. The molecule has 0 fully saturated rings. The Morgan fingerprint density at radius 3 is 1.13 bits per heavy atom. The van der Waals surface area contributed by atoms with Crippen molar-refractivity contribution in [3.63, 3.8) is 0 Å². The standard InChI is InChI=1S/C18H35N3O9/c19-21-20-1-3-23-5-7-25-9-11-27-13-15-29-17-18-30-16-14-28-12-10-26-8-6-24-4-2-22/h2H,1,3-18H2. The first kappa shape index (κ1) is 28.7. The second kappa shape index (κ2) is 27.7. The van der Waals surface area contributed by atoms with Crippen molar-refractivity contribution in [2.24, 2.45) is 5.11 Å². The van der Waals surface area contributed by atoms with Crippen LogP contribution in [0.2, 0.25) is 0 Å². The molecule has 12 heteroatoms. The van der Waals surface area contributed by atoms with E-state index < -0.39 is 0 Å². The molecule has 0 atom stereocenters. The molecule has 0 saturated carbocycles. The molecule has 0 saturated heterocycles. The summed E-state index contributed by atoms with van der Waals surface area (Å²) in [7, 11) is 0. The number of ether oxygens (including phenoxy) is 8. The summed E-state index contributed by atoms with van der Waals surface area (Å²) >= 11 is 0. The molecule has 30 heavy (non-hydrogen) atoms. The maximum absolute atomic E-state index is 10.0. The Bertz CT molecular complexity index is 399. The third-order valence-corrected chi connectivity index (χ3v) is 3.19. The first-order valence-electron chi connectivity index (χ1n) is 9.98. The van der Waals surface area contributed by atoms with Gasteiger partial charge in [-0.15, -0.1) is 0 Å². The van der Waals surface area contributed by atoms with Gasteiger partial charge in [-0.3, -0.25) is 0 Å². The average Bonchev–Trinajstić information content (AvgIpc) is 2.76. The van der Waals surface area contributed by atoms with Crippen LogP contribution < -0.4 is 0 Å². The van der Waals surface area contributed by atoms with Gasteiger partial charge in [0, 0.05) is 11.5 Å². The first-order valence-corrected chi connectivity index (χ1v) is 9.98. The van der Waals surface area contributed by atoms with Crippen LogP contribution in [0.15, 0.2) is 5.11 Å². The highest BCUT2D eigenvalue weighted by molar-refractivity contribution is 5.50. The zero-order chi connectivity index (χ0) is 21.8. The van der Waals surface area contributed by atoms with Gasteiger partial charge in [0.15, 0.2) is 0 Å². The molecule has 0 heterocycles. The van der Waals surface area contributed by atoms with Crippen LogP contribution in [-0.4, -0.2) is 119 Å². The van der Waals surface area contributed by atoms with Crippen LogP contribution in [-0.2, 0) is 42.7 Å². The Kier molecular flexibility index (Phi) is 26.4. The van der Waals surface area contributed by atoms with Gasteiger partial charge < -0.3 is 42.7 Å². The number of hydrogen-bond donors (Lipinski definition) is 0. The Hall–Kier alpha value is -1.34. The third-order valence-electron chi connectivity index (χ3n) is 3.19. The van der Waals surface area contributed by atoms with E-state index in [0.717, 1.165) is 0 Å². The van der Waals surface area contributed by atoms with Crippen molar-refractivity contribution in [1.29, 1.82) is 0 Å². The van der Waals surface area contributed by atoms with E-state index in [-0.39, 0.29) is 6.61 Å². The molecule has 0 radical (unpaired) electrons. The second-order valence-electron chi connectivity index (χ2n) is 5.48. The molecular formula is C18H35N3O9. The second-order valence-corrected chi connectivity index (χ2v) is 5.48. The summed E-state index contributed by atoms with van der Waals surface area (Å²) in [6.45, 7) is 7.52. The molecule has 0 unspecified atom stereocenters. The average molecular weight is 437 g/mol. The first-order chi connectivity index (χ1) is 14.9. The van der Waals surface area contributed by atoms with E-state index in [1.54, 1.807) is 0 Å². The van der Waals surface area contributed by atoms with Gasteiger partial charge in [-0.1, -0.05) is 5.11 Å². The molecular weight excluding hydrogens is 402 g/mol. The van der Waals surface area contributed by atoms with Gasteiger partial charge in [0.2, 0.25) is 0 Å². The van der Waals surface area contributed by atoms with E-state index in [4.69, 9.17) is 43.4 Å². The maximum Gasteiger partial charge on any atom is 0.145 e. The molecule has 0 amide bonds. The highest BCUT2D eigenvalue weighted by Gasteiger charge is 1.95. The molecule has 0 aliphatic heterocycles. The summed E-state index contributed by atoms with van der Waals surface area (Å²) in [6.07, 6.45) is 0.707. The number of hydrogen-bond acceptors (Lipinski definition) is 10. The minimum Gasteiger partial charge on any atom is -0.379 e. The van der Waals surface area contributed by atoms with Crippen molar-refractivity contribution in [2.45, 2.75) is 0 Å². The quantitative estimate of drug-likeness (QED) is 0.0626. The largest absolute Gasteiger partial charge is 0.379 e. The molecule has 0 rings (SSSR count).